The van der Waals surface area contributed by atoms with Gasteiger partial charge < -0.3 is 14.8 Å². The molecule has 0 fully saturated rings. The van der Waals surface area contributed by atoms with Crippen LogP contribution in [0.3, 0.4) is 0 Å². The maximum atomic E-state index is 12.7. The number of nitrogens with zero attached hydrogens (tertiary/aromatic N) is 1. The van der Waals surface area contributed by atoms with Crippen LogP contribution in [0.2, 0.25) is 0 Å². The standard InChI is InChI=1S/C22H20N2O4/c1-27-16-7-4-8-17(13-16)28-12-11-23-20(25)14-24-19-10-3-6-15-5-2-9-18(21(15)19)22(24)26/h2-10,13H,11-12,14H2,1H3,(H,23,25). The van der Waals surface area contributed by atoms with Crippen LogP contribution >= 0.6 is 0 Å². The van der Waals surface area contributed by atoms with Crippen molar-refractivity contribution in [1.29, 1.82) is 0 Å². The van der Waals surface area contributed by atoms with Gasteiger partial charge in [-0.25, -0.2) is 0 Å². The van der Waals surface area contributed by atoms with Crippen molar-refractivity contribution in [3.63, 3.8) is 0 Å². The molecule has 0 bridgehead atoms. The molecule has 1 aliphatic heterocycles. The van der Waals surface area contributed by atoms with E-state index in [4.69, 9.17) is 9.47 Å². The number of methoxy groups -OCH3 is 1. The zero-order chi connectivity index (χ0) is 19.5. The lowest BCUT2D eigenvalue weighted by atomic mass is 10.1. The van der Waals surface area contributed by atoms with Gasteiger partial charge in [-0.3, -0.25) is 14.5 Å². The molecular formula is C22H20N2O4. The third-order valence-electron chi connectivity index (χ3n) is 4.68. The van der Waals surface area contributed by atoms with E-state index in [9.17, 15) is 9.59 Å². The molecule has 2 amide bonds. The Morgan fingerprint density at radius 2 is 1.79 bits per heavy atom. The number of anilines is 1. The zero-order valence-electron chi connectivity index (χ0n) is 15.5. The van der Waals surface area contributed by atoms with E-state index >= 15 is 0 Å². The van der Waals surface area contributed by atoms with Gasteiger partial charge in [-0.1, -0.05) is 30.3 Å². The number of rotatable bonds is 7. The Morgan fingerprint density at radius 1 is 1.04 bits per heavy atom. The van der Waals surface area contributed by atoms with E-state index in [2.05, 4.69) is 5.32 Å². The summed E-state index contributed by atoms with van der Waals surface area (Å²) in [5, 5.41) is 4.70. The topological polar surface area (TPSA) is 67.9 Å². The molecule has 0 unspecified atom stereocenters. The maximum absolute atomic E-state index is 12.7. The Labute approximate surface area is 162 Å². The van der Waals surface area contributed by atoms with E-state index in [0.717, 1.165) is 16.5 Å². The van der Waals surface area contributed by atoms with Crippen LogP contribution in [0.25, 0.3) is 10.8 Å². The Balaban J connectivity index is 1.33. The number of amides is 2. The lowest BCUT2D eigenvalue weighted by Gasteiger charge is -2.17. The fourth-order valence-corrected chi connectivity index (χ4v) is 3.39. The van der Waals surface area contributed by atoms with E-state index in [1.807, 2.05) is 48.5 Å². The molecule has 0 aromatic heterocycles. The van der Waals surface area contributed by atoms with E-state index in [1.165, 1.54) is 4.90 Å². The van der Waals surface area contributed by atoms with Gasteiger partial charge in [0.15, 0.2) is 0 Å². The summed E-state index contributed by atoms with van der Waals surface area (Å²) in [6.07, 6.45) is 0. The van der Waals surface area contributed by atoms with Crippen LogP contribution in [-0.2, 0) is 4.79 Å². The summed E-state index contributed by atoms with van der Waals surface area (Å²) in [4.78, 5) is 26.6. The smallest absolute Gasteiger partial charge is 0.259 e. The molecule has 28 heavy (non-hydrogen) atoms. The average Bonchev–Trinajstić information content (AvgIpc) is 2.99. The summed E-state index contributed by atoms with van der Waals surface area (Å²) < 4.78 is 10.8. The Morgan fingerprint density at radius 3 is 2.61 bits per heavy atom. The van der Waals surface area contributed by atoms with Crippen molar-refractivity contribution in [3.8, 4) is 11.5 Å². The summed E-state index contributed by atoms with van der Waals surface area (Å²) in [7, 11) is 1.60. The molecule has 0 aliphatic carbocycles. The van der Waals surface area contributed by atoms with Gasteiger partial charge >= 0.3 is 0 Å². The van der Waals surface area contributed by atoms with Gasteiger partial charge in [0, 0.05) is 17.0 Å². The number of carbonyl (C=O) groups excluding carboxylic acids is 2. The molecule has 0 spiro atoms. The molecular weight excluding hydrogens is 356 g/mol. The van der Waals surface area contributed by atoms with Gasteiger partial charge in [0.05, 0.1) is 19.3 Å². The quantitative estimate of drug-likeness (QED) is 0.644. The summed E-state index contributed by atoms with van der Waals surface area (Å²) in [6, 6.07) is 18.6. The van der Waals surface area contributed by atoms with Gasteiger partial charge in [0.1, 0.15) is 24.7 Å². The Hall–Kier alpha value is -3.54. The molecule has 3 aromatic rings. The highest BCUT2D eigenvalue weighted by atomic mass is 16.5. The lowest BCUT2D eigenvalue weighted by Crippen LogP contribution is -2.40. The minimum atomic E-state index is -0.229. The van der Waals surface area contributed by atoms with Crippen LogP contribution in [0.5, 0.6) is 11.5 Å². The maximum Gasteiger partial charge on any atom is 0.259 e. The minimum Gasteiger partial charge on any atom is -0.497 e. The van der Waals surface area contributed by atoms with Gasteiger partial charge in [-0.2, -0.15) is 0 Å². The monoisotopic (exact) mass is 376 g/mol. The lowest BCUT2D eigenvalue weighted by molar-refractivity contribution is -0.119. The van der Waals surface area contributed by atoms with Crippen molar-refractivity contribution in [3.05, 3.63) is 66.2 Å². The second-order valence-corrected chi connectivity index (χ2v) is 6.45. The number of nitrogens with one attached hydrogen (secondary N) is 1. The van der Waals surface area contributed by atoms with Gasteiger partial charge in [0.2, 0.25) is 5.91 Å². The van der Waals surface area contributed by atoms with Crippen LogP contribution in [0.1, 0.15) is 10.4 Å². The van der Waals surface area contributed by atoms with E-state index in [-0.39, 0.29) is 18.4 Å². The molecule has 3 aromatic carbocycles. The van der Waals surface area contributed by atoms with Crippen LogP contribution in [-0.4, -0.2) is 38.6 Å². The van der Waals surface area contributed by atoms with Crippen molar-refractivity contribution in [1.82, 2.24) is 5.32 Å². The highest BCUT2D eigenvalue weighted by molar-refractivity contribution is 6.26. The van der Waals surface area contributed by atoms with E-state index in [0.29, 0.717) is 30.2 Å². The molecule has 6 heteroatoms. The molecule has 1 N–H and O–H groups in total. The molecule has 0 saturated carbocycles. The Kier molecular flexibility index (Phi) is 4.85. The second kappa shape index (κ2) is 7.60. The van der Waals surface area contributed by atoms with Crippen molar-refractivity contribution in [2.75, 3.05) is 31.7 Å². The summed E-state index contributed by atoms with van der Waals surface area (Å²) in [5.41, 5.74) is 1.42. The predicted molar refractivity (Wildman–Crippen MR) is 107 cm³/mol. The first kappa shape index (κ1) is 17.9. The number of hydrogen-bond acceptors (Lipinski definition) is 4. The highest BCUT2D eigenvalue weighted by Gasteiger charge is 2.30. The van der Waals surface area contributed by atoms with Gasteiger partial charge in [0.25, 0.3) is 5.91 Å². The summed E-state index contributed by atoms with van der Waals surface area (Å²) in [5.74, 6) is 1.01. The zero-order valence-corrected chi connectivity index (χ0v) is 15.5. The highest BCUT2D eigenvalue weighted by Crippen LogP contribution is 2.36. The fraction of sp³-hybridized carbons (Fsp3) is 0.182. The number of carbonyl (C=O) groups is 2. The fourth-order valence-electron chi connectivity index (χ4n) is 3.39. The van der Waals surface area contributed by atoms with Crippen LogP contribution < -0.4 is 19.7 Å². The average molecular weight is 376 g/mol. The van der Waals surface area contributed by atoms with Crippen molar-refractivity contribution >= 4 is 28.3 Å². The van der Waals surface area contributed by atoms with E-state index in [1.54, 1.807) is 19.2 Å². The van der Waals surface area contributed by atoms with Crippen molar-refractivity contribution < 1.29 is 19.1 Å². The normalized spacial score (nSPS) is 12.3. The van der Waals surface area contributed by atoms with Gasteiger partial charge in [-0.15, -0.1) is 0 Å². The molecule has 1 heterocycles. The summed E-state index contributed by atoms with van der Waals surface area (Å²) >= 11 is 0. The second-order valence-electron chi connectivity index (χ2n) is 6.45. The SMILES string of the molecule is COc1cccc(OCCNC(=O)CN2C(=O)c3cccc4cccc2c34)c1. The third kappa shape index (κ3) is 3.36. The molecule has 0 atom stereocenters. The Bertz CT molecular complexity index is 1040. The largest absolute Gasteiger partial charge is 0.497 e. The van der Waals surface area contributed by atoms with Crippen molar-refractivity contribution in [2.45, 2.75) is 0 Å². The van der Waals surface area contributed by atoms with Crippen LogP contribution in [0.15, 0.2) is 60.7 Å². The molecule has 0 saturated heterocycles. The first-order valence-corrected chi connectivity index (χ1v) is 9.04. The molecule has 6 nitrogen and oxygen atoms in total. The number of hydrogen-bond donors (Lipinski definition) is 1. The molecule has 1 aliphatic rings. The van der Waals surface area contributed by atoms with Gasteiger partial charge in [-0.05, 0) is 29.7 Å². The first-order chi connectivity index (χ1) is 13.7. The van der Waals surface area contributed by atoms with Crippen molar-refractivity contribution in [2.24, 2.45) is 0 Å². The first-order valence-electron chi connectivity index (χ1n) is 9.04. The number of ether oxygens (including phenoxy) is 2. The number of benzene rings is 3. The summed E-state index contributed by atoms with van der Waals surface area (Å²) in [6.45, 7) is 0.643. The minimum absolute atomic E-state index is 0.0220. The van der Waals surface area contributed by atoms with Crippen LogP contribution in [0, 0.1) is 0 Å². The molecule has 142 valence electrons. The predicted octanol–water partition coefficient (Wildman–Crippen LogP) is 3.00. The third-order valence-corrected chi connectivity index (χ3v) is 4.68. The molecule has 0 radical (unpaired) electrons. The van der Waals surface area contributed by atoms with Crippen LogP contribution in [0.4, 0.5) is 5.69 Å². The molecule has 4 rings (SSSR count). The van der Waals surface area contributed by atoms with E-state index < -0.39 is 0 Å².